The maximum Gasteiger partial charge on any atom is 0.416 e. The second kappa shape index (κ2) is 13.9. The Morgan fingerprint density at radius 3 is 2.73 bits per heavy atom. The number of halogens is 3. The summed E-state index contributed by atoms with van der Waals surface area (Å²) in [6, 6.07) is 9.46. The van der Waals surface area contributed by atoms with Gasteiger partial charge in [-0.1, -0.05) is 24.1 Å². The van der Waals surface area contributed by atoms with Gasteiger partial charge in [-0.3, -0.25) is 14.3 Å². The number of aromatic nitrogens is 2. The van der Waals surface area contributed by atoms with Crippen molar-refractivity contribution >= 4 is 17.8 Å². The van der Waals surface area contributed by atoms with Crippen LogP contribution in [0.15, 0.2) is 60.6 Å². The number of hydrogen-bond donors (Lipinski definition) is 3. The van der Waals surface area contributed by atoms with Crippen LogP contribution in [0.2, 0.25) is 0 Å². The van der Waals surface area contributed by atoms with Crippen molar-refractivity contribution in [2.45, 2.75) is 51.5 Å². The zero-order valence-electron chi connectivity index (χ0n) is 27.7. The summed E-state index contributed by atoms with van der Waals surface area (Å²) in [5.74, 6) is 6.73. The monoisotopic (exact) mass is 658 g/mol. The summed E-state index contributed by atoms with van der Waals surface area (Å²) in [6.45, 7) is 7.24. The molecule has 1 fully saturated rings. The maximum atomic E-state index is 14.1. The highest BCUT2D eigenvalue weighted by molar-refractivity contribution is 6.04. The van der Waals surface area contributed by atoms with Crippen LogP contribution in [0.5, 0.6) is 0 Å². The number of nitrogens with one attached hydrogen (secondary N) is 3. The number of fused-ring (bicyclic) bond motifs is 1. The fourth-order valence-corrected chi connectivity index (χ4v) is 6.30. The smallest absolute Gasteiger partial charge is 0.376 e. The van der Waals surface area contributed by atoms with Crippen molar-refractivity contribution in [1.82, 2.24) is 35.1 Å². The van der Waals surface area contributed by atoms with Crippen molar-refractivity contribution in [3.63, 3.8) is 0 Å². The molecule has 3 aromatic rings. The van der Waals surface area contributed by atoms with Gasteiger partial charge >= 0.3 is 6.18 Å². The van der Waals surface area contributed by atoms with Crippen LogP contribution in [0, 0.1) is 18.8 Å². The quantitative estimate of drug-likeness (QED) is 0.288. The predicted octanol–water partition coefficient (Wildman–Crippen LogP) is 5.18. The normalized spacial score (nSPS) is 19.2. The molecule has 4 heterocycles. The molecule has 3 aliphatic rings. The van der Waals surface area contributed by atoms with Crippen LogP contribution in [0.25, 0.3) is 6.20 Å². The van der Waals surface area contributed by atoms with Crippen LogP contribution in [-0.2, 0) is 12.7 Å². The molecule has 6 rings (SSSR count). The third kappa shape index (κ3) is 7.44. The van der Waals surface area contributed by atoms with Crippen LogP contribution in [0.4, 0.5) is 18.9 Å². The van der Waals surface area contributed by atoms with E-state index in [4.69, 9.17) is 0 Å². The van der Waals surface area contributed by atoms with E-state index in [1.807, 2.05) is 41.7 Å². The zero-order chi connectivity index (χ0) is 34.0. The molecule has 0 spiro atoms. The minimum absolute atomic E-state index is 0.00625. The minimum Gasteiger partial charge on any atom is -0.376 e. The van der Waals surface area contributed by atoms with Gasteiger partial charge < -0.3 is 20.5 Å². The van der Waals surface area contributed by atoms with E-state index < -0.39 is 17.6 Å². The highest BCUT2D eigenvalue weighted by atomic mass is 19.4. The van der Waals surface area contributed by atoms with Gasteiger partial charge in [0.25, 0.3) is 5.91 Å². The molecule has 0 bridgehead atoms. The van der Waals surface area contributed by atoms with Crippen molar-refractivity contribution < 1.29 is 18.0 Å². The van der Waals surface area contributed by atoms with Gasteiger partial charge in [-0.25, -0.2) is 10.4 Å². The number of likely N-dealkylation sites (N-methyl/N-ethyl adjacent to an activating group) is 1. The number of carbonyl (C=O) groups excluding carboxylic acids is 1. The molecule has 3 aliphatic heterocycles. The van der Waals surface area contributed by atoms with Crippen LogP contribution in [0.3, 0.4) is 0 Å². The Hall–Kier alpha value is -4.57. The summed E-state index contributed by atoms with van der Waals surface area (Å²) in [5, 5.41) is 8.27. The number of alkyl halides is 3. The number of aryl methyl sites for hydroxylation is 1. The lowest BCUT2D eigenvalue weighted by molar-refractivity contribution is -0.138. The number of hydrazine groups is 1. The first-order chi connectivity index (χ1) is 23.0. The number of benzene rings is 2. The minimum atomic E-state index is -4.55. The second-order valence-corrected chi connectivity index (χ2v) is 12.7. The van der Waals surface area contributed by atoms with Gasteiger partial charge in [0.1, 0.15) is 11.5 Å². The maximum absolute atomic E-state index is 14.1. The third-order valence-corrected chi connectivity index (χ3v) is 9.12. The zero-order valence-corrected chi connectivity index (χ0v) is 27.7. The highest BCUT2D eigenvalue weighted by Gasteiger charge is 2.35. The molecule has 0 aliphatic carbocycles. The van der Waals surface area contributed by atoms with Gasteiger partial charge in [-0.05, 0) is 82.1 Å². The molecule has 48 heavy (non-hydrogen) atoms. The first-order valence-electron chi connectivity index (χ1n) is 16.2. The molecule has 0 radical (unpaired) electrons. The average Bonchev–Trinajstić information content (AvgIpc) is 3.81. The van der Waals surface area contributed by atoms with E-state index in [1.54, 1.807) is 24.4 Å². The Bertz CT molecular complexity index is 1800. The lowest BCUT2D eigenvalue weighted by atomic mass is 10.0. The fourth-order valence-electron chi connectivity index (χ4n) is 6.30. The molecule has 1 unspecified atom stereocenters. The van der Waals surface area contributed by atoms with E-state index in [1.165, 1.54) is 12.1 Å². The molecule has 3 N–H and O–H groups in total. The Labute approximate surface area is 279 Å². The van der Waals surface area contributed by atoms with Crippen LogP contribution >= 0.6 is 0 Å². The van der Waals surface area contributed by atoms with E-state index in [-0.39, 0.29) is 23.8 Å². The molecule has 9 nitrogen and oxygen atoms in total. The lowest BCUT2D eigenvalue weighted by Crippen LogP contribution is -2.31. The molecule has 12 heteroatoms. The van der Waals surface area contributed by atoms with E-state index >= 15 is 0 Å². The number of imidazole rings is 1. The highest BCUT2D eigenvalue weighted by Crippen LogP contribution is 2.35. The van der Waals surface area contributed by atoms with Crippen molar-refractivity contribution in [2.75, 3.05) is 45.6 Å². The number of carbonyl (C=O) groups is 1. The number of hydrogen-bond acceptors (Lipinski definition) is 7. The number of rotatable bonds is 8. The molecule has 1 aromatic heterocycles. The van der Waals surface area contributed by atoms with E-state index in [9.17, 15) is 18.0 Å². The number of nitrogens with zero attached hydrogens (tertiary/aromatic N) is 5. The Morgan fingerprint density at radius 1 is 1.17 bits per heavy atom. The topological polar surface area (TPSA) is 80.7 Å². The van der Waals surface area contributed by atoms with Gasteiger partial charge in [0.05, 0.1) is 24.3 Å². The fraction of sp³-hybridized carbons (Fsp3) is 0.389. The molecule has 1 saturated heterocycles. The predicted molar refractivity (Wildman–Crippen MR) is 180 cm³/mol. The van der Waals surface area contributed by atoms with Gasteiger partial charge in [0, 0.05) is 67.1 Å². The number of anilines is 1. The van der Waals surface area contributed by atoms with E-state index in [0.717, 1.165) is 55.6 Å². The van der Waals surface area contributed by atoms with Gasteiger partial charge in [0.15, 0.2) is 0 Å². The molecule has 1 amide bonds. The lowest BCUT2D eigenvalue weighted by Gasteiger charge is -2.22. The Balaban J connectivity index is 1.16. The Morgan fingerprint density at radius 2 is 2.00 bits per heavy atom. The molecule has 2 atom stereocenters. The van der Waals surface area contributed by atoms with Crippen molar-refractivity contribution in [2.24, 2.45) is 0 Å². The molecule has 2 aromatic carbocycles. The van der Waals surface area contributed by atoms with Crippen molar-refractivity contribution in [1.29, 1.82) is 0 Å². The number of likely N-dealkylation sites (tertiary alicyclic amines) is 1. The van der Waals surface area contributed by atoms with Gasteiger partial charge in [-0.2, -0.15) is 13.2 Å². The summed E-state index contributed by atoms with van der Waals surface area (Å²) in [4.78, 5) is 22.0. The van der Waals surface area contributed by atoms with Crippen LogP contribution in [-0.4, -0.2) is 76.6 Å². The first kappa shape index (κ1) is 33.3. The van der Waals surface area contributed by atoms with Gasteiger partial charge in [0.2, 0.25) is 0 Å². The van der Waals surface area contributed by atoms with Gasteiger partial charge in [-0.15, -0.1) is 0 Å². The summed E-state index contributed by atoms with van der Waals surface area (Å²) >= 11 is 0. The van der Waals surface area contributed by atoms with E-state index in [0.29, 0.717) is 29.4 Å². The summed E-state index contributed by atoms with van der Waals surface area (Å²) < 4.78 is 44.4. The number of amides is 1. The first-order valence-corrected chi connectivity index (χ1v) is 16.2. The molecule has 252 valence electrons. The second-order valence-electron chi connectivity index (χ2n) is 12.7. The third-order valence-electron chi connectivity index (χ3n) is 9.12. The average molecular weight is 659 g/mol. The Kier molecular flexibility index (Phi) is 9.64. The van der Waals surface area contributed by atoms with Crippen LogP contribution in [0.1, 0.15) is 69.9 Å². The SMILES string of the molecule is CCN1C=C(NC2CC=Cn3c(C#Cc4cc(C(=O)Nc5ccc(CN6CC[C@H](N(C)C)C6)c(C(F)(F)F)c5)ccc4C)cnc32)CN1. The van der Waals surface area contributed by atoms with Crippen molar-refractivity contribution in [3.8, 4) is 11.8 Å². The summed E-state index contributed by atoms with van der Waals surface area (Å²) in [5.41, 5.74) is 6.47. The molecular weight excluding hydrogens is 617 g/mol. The summed E-state index contributed by atoms with van der Waals surface area (Å²) in [6.07, 6.45) is 5.02. The largest absolute Gasteiger partial charge is 0.416 e. The standard InChI is InChI=1S/C36H41F3N8O/c1-5-46-22-29(19-41-46)42-33-7-6-15-47-30(20-40-34(33)47)13-11-25-17-26(9-8-24(25)2)35(48)43-28-12-10-27(32(18-28)36(37,38)39)21-45-16-14-31(23-45)44(3)4/h6,8-10,12,15,17-18,20,22,31,33,41-42H,5,7,14,16,19,21,23H2,1-4H3,(H,43,48)/t31-,33?/m0/s1. The summed E-state index contributed by atoms with van der Waals surface area (Å²) in [7, 11) is 3.97. The van der Waals surface area contributed by atoms with E-state index in [2.05, 4.69) is 57.0 Å². The molecule has 0 saturated carbocycles. The molecular formula is C36H41F3N8O. The van der Waals surface area contributed by atoms with Crippen LogP contribution < -0.4 is 16.1 Å². The van der Waals surface area contributed by atoms with Crippen molar-refractivity contribution in [3.05, 3.63) is 99.9 Å².